The average molecular weight is 294 g/mol. The Labute approximate surface area is 122 Å². The molecule has 0 saturated carbocycles. The van der Waals surface area contributed by atoms with Crippen LogP contribution in [0.2, 0.25) is 5.22 Å². The van der Waals surface area contributed by atoms with Crippen molar-refractivity contribution < 1.29 is 9.21 Å². The van der Waals surface area contributed by atoms with E-state index in [1.54, 1.807) is 24.1 Å². The van der Waals surface area contributed by atoms with Crippen molar-refractivity contribution in [3.05, 3.63) is 41.3 Å². The van der Waals surface area contributed by atoms with Gasteiger partial charge in [-0.1, -0.05) is 0 Å². The Bertz CT molecular complexity index is 619. The van der Waals surface area contributed by atoms with Crippen molar-refractivity contribution in [2.24, 2.45) is 5.92 Å². The summed E-state index contributed by atoms with van der Waals surface area (Å²) in [7, 11) is 1.79. The van der Waals surface area contributed by atoms with Crippen LogP contribution in [0.15, 0.2) is 28.9 Å². The first-order valence-electron chi connectivity index (χ1n) is 6.64. The van der Waals surface area contributed by atoms with Crippen LogP contribution in [0.25, 0.3) is 0 Å². The van der Waals surface area contributed by atoms with E-state index in [1.165, 1.54) is 0 Å². The molecule has 1 atom stereocenters. The lowest BCUT2D eigenvalue weighted by atomic mass is 9.97. The van der Waals surface area contributed by atoms with Gasteiger partial charge in [0.1, 0.15) is 5.82 Å². The van der Waals surface area contributed by atoms with Crippen LogP contribution >= 0.6 is 11.6 Å². The van der Waals surface area contributed by atoms with Crippen LogP contribution in [0.1, 0.15) is 22.8 Å². The van der Waals surface area contributed by atoms with E-state index in [1.807, 2.05) is 12.4 Å². The quantitative estimate of drug-likeness (QED) is 0.873. The average Bonchev–Trinajstić information content (AvgIpc) is 3.05. The summed E-state index contributed by atoms with van der Waals surface area (Å²) in [6.45, 7) is 1.67. The molecular weight excluding hydrogens is 278 g/mol. The fourth-order valence-electron chi connectivity index (χ4n) is 2.66. The summed E-state index contributed by atoms with van der Waals surface area (Å²) < 4.78 is 7.33. The van der Waals surface area contributed by atoms with Crippen LogP contribution < -0.4 is 0 Å². The Hall–Kier alpha value is -1.75. The van der Waals surface area contributed by atoms with Crippen molar-refractivity contribution in [1.82, 2.24) is 14.5 Å². The first kappa shape index (κ1) is 13.2. The molecule has 1 aliphatic heterocycles. The minimum absolute atomic E-state index is 0.134. The summed E-state index contributed by atoms with van der Waals surface area (Å²) in [5.74, 6) is 1.69. The number of halogens is 1. The normalized spacial score (nSPS) is 17.8. The smallest absolute Gasteiger partial charge is 0.289 e. The fourth-order valence-corrected chi connectivity index (χ4v) is 2.81. The van der Waals surface area contributed by atoms with E-state index in [2.05, 4.69) is 9.55 Å². The number of aromatic nitrogens is 2. The number of rotatable bonds is 3. The van der Waals surface area contributed by atoms with E-state index >= 15 is 0 Å². The third-order valence-corrected chi connectivity index (χ3v) is 3.92. The zero-order valence-corrected chi connectivity index (χ0v) is 12.0. The zero-order valence-electron chi connectivity index (χ0n) is 11.3. The van der Waals surface area contributed by atoms with Crippen LogP contribution in [0.5, 0.6) is 0 Å². The van der Waals surface area contributed by atoms with Gasteiger partial charge < -0.3 is 13.9 Å². The van der Waals surface area contributed by atoms with Gasteiger partial charge in [0.2, 0.25) is 0 Å². The maximum absolute atomic E-state index is 12.2. The number of carbonyl (C=O) groups is 1. The highest BCUT2D eigenvalue weighted by atomic mass is 35.5. The fraction of sp³-hybridized carbons (Fsp3) is 0.429. The van der Waals surface area contributed by atoms with Gasteiger partial charge in [-0.25, -0.2) is 4.98 Å². The van der Waals surface area contributed by atoms with E-state index in [9.17, 15) is 4.79 Å². The molecule has 0 radical (unpaired) electrons. The first-order valence-corrected chi connectivity index (χ1v) is 7.02. The first-order chi connectivity index (χ1) is 9.63. The predicted molar refractivity (Wildman–Crippen MR) is 74.7 cm³/mol. The Kier molecular flexibility index (Phi) is 3.53. The van der Waals surface area contributed by atoms with Crippen LogP contribution in [-0.2, 0) is 13.0 Å². The van der Waals surface area contributed by atoms with Gasteiger partial charge in [0, 0.05) is 39.0 Å². The minimum Gasteiger partial charge on any atom is -0.440 e. The molecule has 0 spiro atoms. The lowest BCUT2D eigenvalue weighted by molar-refractivity contribution is 0.0732. The van der Waals surface area contributed by atoms with Crippen molar-refractivity contribution in [3.63, 3.8) is 0 Å². The molecule has 5 nitrogen and oxygen atoms in total. The number of imidazole rings is 1. The molecule has 0 saturated heterocycles. The largest absolute Gasteiger partial charge is 0.440 e. The number of carbonyl (C=O) groups excluding carboxylic acids is 1. The van der Waals surface area contributed by atoms with Gasteiger partial charge in [0.25, 0.3) is 5.91 Å². The second kappa shape index (κ2) is 5.32. The van der Waals surface area contributed by atoms with Crippen LogP contribution in [0.3, 0.4) is 0 Å². The summed E-state index contributed by atoms with van der Waals surface area (Å²) in [4.78, 5) is 18.2. The molecular formula is C14H16ClN3O2. The predicted octanol–water partition coefficient (Wildman–Crippen LogP) is 2.46. The second-order valence-corrected chi connectivity index (χ2v) is 5.56. The van der Waals surface area contributed by atoms with Crippen LogP contribution in [0.4, 0.5) is 0 Å². The summed E-state index contributed by atoms with van der Waals surface area (Å²) in [5.41, 5.74) is 0. The molecule has 0 aromatic carbocycles. The van der Waals surface area contributed by atoms with E-state index in [4.69, 9.17) is 16.0 Å². The highest BCUT2D eigenvalue weighted by Crippen LogP contribution is 2.21. The number of nitrogens with zero attached hydrogens (tertiary/aromatic N) is 3. The van der Waals surface area contributed by atoms with Gasteiger partial charge in [-0.05, 0) is 36.1 Å². The number of hydrogen-bond donors (Lipinski definition) is 0. The topological polar surface area (TPSA) is 51.3 Å². The van der Waals surface area contributed by atoms with Crippen molar-refractivity contribution in [2.75, 3.05) is 13.6 Å². The standard InChI is InChI=1S/C14H16ClN3O2/c1-17(14(19)11-2-3-12(15)20-11)9-10-4-6-18-7-5-16-13(18)8-10/h2-3,5,7,10H,4,6,8-9H2,1H3/t10-/m0/s1. The highest BCUT2D eigenvalue weighted by Gasteiger charge is 2.23. The van der Waals surface area contributed by atoms with E-state index in [0.29, 0.717) is 12.5 Å². The summed E-state index contributed by atoms with van der Waals surface area (Å²) in [6, 6.07) is 3.19. The molecule has 0 bridgehead atoms. The maximum Gasteiger partial charge on any atom is 0.289 e. The maximum atomic E-state index is 12.2. The molecule has 3 heterocycles. The Balaban J connectivity index is 1.62. The van der Waals surface area contributed by atoms with Gasteiger partial charge >= 0.3 is 0 Å². The van der Waals surface area contributed by atoms with Gasteiger partial charge in [0.15, 0.2) is 11.0 Å². The monoisotopic (exact) mass is 293 g/mol. The lowest BCUT2D eigenvalue weighted by Gasteiger charge is -2.27. The lowest BCUT2D eigenvalue weighted by Crippen LogP contribution is -2.34. The molecule has 2 aromatic rings. The summed E-state index contributed by atoms with van der Waals surface area (Å²) >= 11 is 5.70. The number of hydrogen-bond acceptors (Lipinski definition) is 3. The van der Waals surface area contributed by atoms with Crippen molar-refractivity contribution >= 4 is 17.5 Å². The molecule has 20 heavy (non-hydrogen) atoms. The van der Waals surface area contributed by atoms with E-state index < -0.39 is 0 Å². The van der Waals surface area contributed by atoms with Gasteiger partial charge in [-0.15, -0.1) is 0 Å². The van der Waals surface area contributed by atoms with E-state index in [0.717, 1.165) is 25.2 Å². The molecule has 0 unspecified atom stereocenters. The second-order valence-electron chi connectivity index (χ2n) is 5.19. The molecule has 0 fully saturated rings. The third kappa shape index (κ3) is 2.58. The highest BCUT2D eigenvalue weighted by molar-refractivity contribution is 6.29. The molecule has 106 valence electrons. The van der Waals surface area contributed by atoms with Crippen molar-refractivity contribution in [1.29, 1.82) is 0 Å². The number of fused-ring (bicyclic) bond motifs is 1. The van der Waals surface area contributed by atoms with Gasteiger partial charge in [0.05, 0.1) is 0 Å². The summed E-state index contributed by atoms with van der Waals surface area (Å²) in [6.07, 6.45) is 5.80. The Morgan fingerprint density at radius 1 is 1.60 bits per heavy atom. The molecule has 1 aliphatic rings. The van der Waals surface area contributed by atoms with Crippen molar-refractivity contribution in [3.8, 4) is 0 Å². The molecule has 1 amide bonds. The molecule has 3 rings (SSSR count). The molecule has 2 aromatic heterocycles. The van der Waals surface area contributed by atoms with E-state index in [-0.39, 0.29) is 16.9 Å². The molecule has 6 heteroatoms. The zero-order chi connectivity index (χ0) is 14.1. The SMILES string of the molecule is CN(C[C@H]1CCn2ccnc2C1)C(=O)c1ccc(Cl)o1. The molecule has 0 N–H and O–H groups in total. The number of furan rings is 1. The Morgan fingerprint density at radius 2 is 2.45 bits per heavy atom. The third-order valence-electron chi connectivity index (χ3n) is 3.71. The van der Waals surface area contributed by atoms with Gasteiger partial charge in [-0.3, -0.25) is 4.79 Å². The summed E-state index contributed by atoms with van der Waals surface area (Å²) in [5, 5.41) is 0.237. The van der Waals surface area contributed by atoms with Gasteiger partial charge in [-0.2, -0.15) is 0 Å². The van der Waals surface area contributed by atoms with Crippen LogP contribution in [0, 0.1) is 5.92 Å². The number of amides is 1. The molecule has 0 aliphatic carbocycles. The minimum atomic E-state index is -0.134. The Morgan fingerprint density at radius 3 is 3.20 bits per heavy atom. The number of aryl methyl sites for hydroxylation is 1. The van der Waals surface area contributed by atoms with Crippen LogP contribution in [-0.4, -0.2) is 34.0 Å². The van der Waals surface area contributed by atoms with Crippen molar-refractivity contribution in [2.45, 2.75) is 19.4 Å².